The summed E-state index contributed by atoms with van der Waals surface area (Å²) in [5, 5.41) is 16.6. The number of benzene rings is 2. The summed E-state index contributed by atoms with van der Waals surface area (Å²) in [6, 6.07) is 11.1. The van der Waals surface area contributed by atoms with Gasteiger partial charge in [-0.3, -0.25) is 5.41 Å². The number of carbonyl (C=O) groups excluding carboxylic acids is 1. The van der Waals surface area contributed by atoms with E-state index >= 15 is 0 Å². The zero-order valence-corrected chi connectivity index (χ0v) is 17.8. The second kappa shape index (κ2) is 10.0. The Morgan fingerprint density at radius 2 is 1.75 bits per heavy atom. The predicted molar refractivity (Wildman–Crippen MR) is 119 cm³/mol. The second-order valence-corrected chi connectivity index (χ2v) is 8.10. The topological polar surface area (TPSA) is 103 Å². The second-order valence-electron chi connectivity index (χ2n) is 8.10. The third kappa shape index (κ3) is 6.23. The number of hydrogen-bond donors (Lipinski definition) is 5. The quantitative estimate of drug-likeness (QED) is 0.325. The minimum absolute atomic E-state index is 0.0491. The first-order valence-electron chi connectivity index (χ1n) is 10.6. The van der Waals surface area contributed by atoms with Crippen LogP contribution in [-0.2, 0) is 6.18 Å². The Balaban J connectivity index is 1.61. The Morgan fingerprint density at radius 3 is 2.38 bits per heavy atom. The van der Waals surface area contributed by atoms with E-state index in [1.165, 1.54) is 12.1 Å². The highest BCUT2D eigenvalue weighted by Gasteiger charge is 2.32. The van der Waals surface area contributed by atoms with Crippen LogP contribution >= 0.6 is 0 Å². The molecule has 2 amide bonds. The number of rotatable bonds is 6. The zero-order valence-electron chi connectivity index (χ0n) is 17.8. The van der Waals surface area contributed by atoms with Crippen LogP contribution in [0.2, 0.25) is 0 Å². The van der Waals surface area contributed by atoms with Crippen LogP contribution < -0.4 is 21.7 Å². The molecule has 1 fully saturated rings. The lowest BCUT2D eigenvalue weighted by Crippen LogP contribution is -2.53. The number of nitrogens with one attached hydrogen (secondary N) is 4. The van der Waals surface area contributed by atoms with Crippen LogP contribution in [-0.4, -0.2) is 24.0 Å². The summed E-state index contributed by atoms with van der Waals surface area (Å²) < 4.78 is 39.1. The maximum absolute atomic E-state index is 13.0. The highest BCUT2D eigenvalue weighted by Crippen LogP contribution is 2.31. The van der Waals surface area contributed by atoms with E-state index in [0.29, 0.717) is 16.8 Å². The number of carbonyl (C=O) groups is 1. The summed E-state index contributed by atoms with van der Waals surface area (Å²) >= 11 is 0. The molecule has 2 aromatic rings. The van der Waals surface area contributed by atoms with Crippen molar-refractivity contribution in [3.05, 3.63) is 65.2 Å². The van der Waals surface area contributed by atoms with E-state index in [1.54, 1.807) is 30.3 Å². The molecule has 3 rings (SSSR count). The van der Waals surface area contributed by atoms with Crippen molar-refractivity contribution in [1.29, 1.82) is 5.41 Å². The van der Waals surface area contributed by atoms with E-state index < -0.39 is 11.7 Å². The van der Waals surface area contributed by atoms with Gasteiger partial charge < -0.3 is 21.7 Å². The first-order chi connectivity index (χ1) is 15.1. The molecule has 0 bridgehead atoms. The number of alkyl halides is 3. The van der Waals surface area contributed by atoms with Crippen LogP contribution in [0.15, 0.2) is 48.5 Å². The number of amidine groups is 1. The summed E-state index contributed by atoms with van der Waals surface area (Å²) in [5.74, 6) is -0.0491. The zero-order chi connectivity index (χ0) is 23.3. The molecule has 1 unspecified atom stereocenters. The molecule has 172 valence electrons. The third-order valence-corrected chi connectivity index (χ3v) is 5.71. The molecule has 3 atom stereocenters. The van der Waals surface area contributed by atoms with Crippen LogP contribution in [0.4, 0.5) is 23.7 Å². The number of urea groups is 1. The molecule has 9 heteroatoms. The Labute approximate surface area is 185 Å². The fourth-order valence-electron chi connectivity index (χ4n) is 3.97. The number of hydrogen-bond acceptors (Lipinski definition) is 3. The molecule has 0 saturated heterocycles. The third-order valence-electron chi connectivity index (χ3n) is 5.71. The van der Waals surface area contributed by atoms with Gasteiger partial charge in [-0.15, -0.1) is 0 Å². The number of anilines is 1. The summed E-state index contributed by atoms with van der Waals surface area (Å²) in [5.41, 5.74) is 6.46. The van der Waals surface area contributed by atoms with Gasteiger partial charge in [0.1, 0.15) is 5.84 Å². The summed E-state index contributed by atoms with van der Waals surface area (Å²) in [6.45, 7) is 1.83. The standard InChI is InChI=1S/C23H28F3N5O/c1-14(16-5-4-6-17(13-16)23(24,25)26)29-19-7-2-3-8-20(19)31-22(32)30-18-11-9-15(10-12-18)21(27)28/h4-6,9-14,19-20,29H,2-3,7-8H2,1H3,(H3,27,28)(H2,30,31,32)/t14?,19-,20-/m1/s1. The van der Waals surface area contributed by atoms with E-state index in [-0.39, 0.29) is 30.0 Å². The van der Waals surface area contributed by atoms with Gasteiger partial charge in [-0.1, -0.05) is 25.0 Å². The number of halogens is 3. The van der Waals surface area contributed by atoms with Crippen molar-refractivity contribution in [2.75, 3.05) is 5.32 Å². The molecule has 0 radical (unpaired) electrons. The molecular formula is C23H28F3N5O. The maximum atomic E-state index is 13.0. The molecule has 1 aliphatic carbocycles. The van der Waals surface area contributed by atoms with Gasteiger partial charge in [-0.25, -0.2) is 4.79 Å². The molecule has 1 aliphatic rings. The van der Waals surface area contributed by atoms with E-state index in [9.17, 15) is 18.0 Å². The van der Waals surface area contributed by atoms with Crippen molar-refractivity contribution < 1.29 is 18.0 Å². The molecule has 0 aromatic heterocycles. The lowest BCUT2D eigenvalue weighted by atomic mass is 9.89. The summed E-state index contributed by atoms with van der Waals surface area (Å²) in [6.07, 6.45) is -0.829. The fraction of sp³-hybridized carbons (Fsp3) is 0.391. The van der Waals surface area contributed by atoms with Gasteiger partial charge in [-0.2, -0.15) is 13.2 Å². The Morgan fingerprint density at radius 1 is 1.09 bits per heavy atom. The first kappa shape index (κ1) is 23.6. The van der Waals surface area contributed by atoms with E-state index in [4.69, 9.17) is 11.1 Å². The minimum Gasteiger partial charge on any atom is -0.384 e. The minimum atomic E-state index is -4.38. The normalized spacial score (nSPS) is 19.8. The SMILES string of the molecule is CC(N[C@@H]1CCCC[C@H]1NC(=O)Nc1ccc(C(=N)N)cc1)c1cccc(C(F)(F)F)c1. The van der Waals surface area contributed by atoms with E-state index in [2.05, 4.69) is 16.0 Å². The van der Waals surface area contributed by atoms with Crippen LogP contribution in [0.1, 0.15) is 55.3 Å². The average Bonchev–Trinajstić information content (AvgIpc) is 2.75. The number of amides is 2. The fourth-order valence-corrected chi connectivity index (χ4v) is 3.97. The van der Waals surface area contributed by atoms with Crippen LogP contribution in [0.5, 0.6) is 0 Å². The average molecular weight is 448 g/mol. The van der Waals surface area contributed by atoms with Crippen molar-refractivity contribution in [3.63, 3.8) is 0 Å². The van der Waals surface area contributed by atoms with Crippen molar-refractivity contribution >= 4 is 17.6 Å². The molecule has 1 saturated carbocycles. The largest absolute Gasteiger partial charge is 0.416 e. The number of nitrogens with two attached hydrogens (primary N) is 1. The molecular weight excluding hydrogens is 419 g/mol. The first-order valence-corrected chi connectivity index (χ1v) is 10.6. The highest BCUT2D eigenvalue weighted by atomic mass is 19.4. The molecule has 6 N–H and O–H groups in total. The van der Waals surface area contributed by atoms with Gasteiger partial charge in [0.15, 0.2) is 0 Å². The molecule has 32 heavy (non-hydrogen) atoms. The maximum Gasteiger partial charge on any atom is 0.416 e. The van der Waals surface area contributed by atoms with Crippen molar-refractivity contribution in [3.8, 4) is 0 Å². The molecule has 2 aromatic carbocycles. The van der Waals surface area contributed by atoms with Crippen LogP contribution in [0.3, 0.4) is 0 Å². The van der Waals surface area contributed by atoms with Crippen molar-refractivity contribution in [1.82, 2.24) is 10.6 Å². The lowest BCUT2D eigenvalue weighted by Gasteiger charge is -2.35. The molecule has 0 spiro atoms. The van der Waals surface area contributed by atoms with Crippen LogP contribution in [0, 0.1) is 5.41 Å². The van der Waals surface area contributed by atoms with Gasteiger partial charge in [0, 0.05) is 29.4 Å². The van der Waals surface area contributed by atoms with Crippen molar-refractivity contribution in [2.24, 2.45) is 5.73 Å². The van der Waals surface area contributed by atoms with Crippen molar-refractivity contribution in [2.45, 2.75) is 56.9 Å². The molecule has 0 heterocycles. The van der Waals surface area contributed by atoms with Gasteiger partial charge >= 0.3 is 12.2 Å². The van der Waals surface area contributed by atoms with Crippen LogP contribution in [0.25, 0.3) is 0 Å². The Kier molecular flexibility index (Phi) is 7.40. The number of nitrogen functional groups attached to an aromatic ring is 1. The monoisotopic (exact) mass is 447 g/mol. The van der Waals surface area contributed by atoms with Gasteiger partial charge in [-0.05, 0) is 61.7 Å². The highest BCUT2D eigenvalue weighted by molar-refractivity contribution is 5.96. The lowest BCUT2D eigenvalue weighted by molar-refractivity contribution is -0.137. The van der Waals surface area contributed by atoms with E-state index in [1.807, 2.05) is 6.92 Å². The van der Waals surface area contributed by atoms with Gasteiger partial charge in [0.25, 0.3) is 0 Å². The summed E-state index contributed by atoms with van der Waals surface area (Å²) in [7, 11) is 0. The molecule has 6 nitrogen and oxygen atoms in total. The molecule has 0 aliphatic heterocycles. The Hall–Kier alpha value is -3.07. The van der Waals surface area contributed by atoms with Gasteiger partial charge in [0.05, 0.1) is 5.56 Å². The Bertz CT molecular complexity index is 945. The van der Waals surface area contributed by atoms with Gasteiger partial charge in [0.2, 0.25) is 0 Å². The summed E-state index contributed by atoms with van der Waals surface area (Å²) in [4.78, 5) is 12.5. The smallest absolute Gasteiger partial charge is 0.384 e. The predicted octanol–water partition coefficient (Wildman–Crippen LogP) is 4.77. The van der Waals surface area contributed by atoms with E-state index in [0.717, 1.165) is 31.7 Å².